The molecule has 0 saturated heterocycles. The van der Waals surface area contributed by atoms with Gasteiger partial charge in [-0.1, -0.05) is 23.2 Å². The molecule has 0 bridgehead atoms. The molecular weight excluding hydrogens is 451 g/mol. The molecule has 0 spiro atoms. The number of halogens is 2. The Morgan fingerprint density at radius 2 is 1.81 bits per heavy atom. The Morgan fingerprint density at radius 3 is 2.45 bits per heavy atom. The smallest absolute Gasteiger partial charge is 0.338 e. The molecule has 1 aliphatic carbocycles. The van der Waals surface area contributed by atoms with Crippen LogP contribution in [0, 0.1) is 10.1 Å². The van der Waals surface area contributed by atoms with Crippen LogP contribution in [-0.2, 0) is 0 Å². The zero-order valence-corrected chi connectivity index (χ0v) is 16.7. The number of nitrogen functional groups attached to an aromatic ring is 1. The molecule has 4 rings (SSSR count). The van der Waals surface area contributed by atoms with Crippen LogP contribution in [0.2, 0.25) is 10.0 Å². The summed E-state index contributed by atoms with van der Waals surface area (Å²) in [6.45, 7) is 0. The molecule has 0 radical (unpaired) electrons. The molecule has 0 amide bonds. The minimum atomic E-state index is -1.50. The van der Waals surface area contributed by atoms with Crippen molar-refractivity contribution >= 4 is 51.5 Å². The van der Waals surface area contributed by atoms with Gasteiger partial charge in [-0.3, -0.25) is 14.9 Å². The molecule has 2 aliphatic rings. The van der Waals surface area contributed by atoms with Gasteiger partial charge < -0.3 is 20.4 Å². The van der Waals surface area contributed by atoms with Crippen molar-refractivity contribution in [3.05, 3.63) is 72.3 Å². The Bertz CT molecular complexity index is 1460. The lowest BCUT2D eigenvalue weighted by atomic mass is 9.89. The second-order valence-electron chi connectivity index (χ2n) is 6.54. The fraction of sp³-hybridized carbons (Fsp3) is 0. The maximum absolute atomic E-state index is 12.0. The summed E-state index contributed by atoms with van der Waals surface area (Å²) in [7, 11) is 0. The maximum Gasteiger partial charge on any atom is 0.338 e. The summed E-state index contributed by atoms with van der Waals surface area (Å²) < 4.78 is 5.71. The average molecular weight is 461 g/mol. The highest BCUT2D eigenvalue weighted by Crippen LogP contribution is 2.46. The number of aromatic carboxylic acids is 1. The van der Waals surface area contributed by atoms with Gasteiger partial charge in [-0.05, 0) is 18.2 Å². The van der Waals surface area contributed by atoms with Gasteiger partial charge in [-0.2, -0.15) is 0 Å². The Morgan fingerprint density at radius 1 is 1.10 bits per heavy atom. The van der Waals surface area contributed by atoms with Crippen molar-refractivity contribution in [1.29, 1.82) is 0 Å². The molecule has 1 heterocycles. The highest BCUT2D eigenvalue weighted by Gasteiger charge is 2.28. The topological polar surface area (TPSA) is 157 Å². The molecule has 0 fully saturated rings. The number of hydrogen-bond acceptors (Lipinski definition) is 7. The number of carbonyl (C=O) groups is 1. The van der Waals surface area contributed by atoms with Crippen LogP contribution in [-0.4, -0.2) is 21.1 Å². The third kappa shape index (κ3) is 3.20. The number of fused-ring (bicyclic) bond motifs is 2. The van der Waals surface area contributed by atoms with E-state index in [9.17, 15) is 29.9 Å². The highest BCUT2D eigenvalue weighted by molar-refractivity contribution is 6.33. The number of carboxylic acids is 1. The van der Waals surface area contributed by atoms with E-state index in [1.165, 1.54) is 24.3 Å². The van der Waals surface area contributed by atoms with Gasteiger partial charge in [0, 0.05) is 40.3 Å². The molecule has 2 aromatic rings. The number of nitrogens with zero attached hydrogens (tertiary/aromatic N) is 1. The molecule has 0 aromatic heterocycles. The quantitative estimate of drug-likeness (QED) is 0.171. The normalized spacial score (nSPS) is 11.2. The third-order valence-corrected chi connectivity index (χ3v) is 5.34. The van der Waals surface area contributed by atoms with Gasteiger partial charge in [0.25, 0.3) is 5.69 Å². The van der Waals surface area contributed by atoms with Gasteiger partial charge in [0.05, 0.1) is 20.5 Å². The molecule has 0 atom stereocenters. The van der Waals surface area contributed by atoms with Crippen molar-refractivity contribution in [2.24, 2.45) is 0 Å². The number of nitro benzene ring substituents is 1. The van der Waals surface area contributed by atoms with Crippen molar-refractivity contribution in [2.45, 2.75) is 0 Å². The van der Waals surface area contributed by atoms with Gasteiger partial charge in [0.2, 0.25) is 5.43 Å². The first-order valence-electron chi connectivity index (χ1n) is 8.49. The van der Waals surface area contributed by atoms with Crippen LogP contribution < -0.4 is 11.2 Å². The summed E-state index contributed by atoms with van der Waals surface area (Å²) in [6, 6.07) is 7.25. The molecule has 31 heavy (non-hydrogen) atoms. The first kappa shape index (κ1) is 20.5. The molecule has 9 nitrogen and oxygen atoms in total. The van der Waals surface area contributed by atoms with Crippen LogP contribution in [0.3, 0.4) is 0 Å². The van der Waals surface area contributed by atoms with Crippen LogP contribution in [0.1, 0.15) is 10.4 Å². The molecular formula is C20H10Cl2N2O7. The minimum Gasteiger partial charge on any atom is -0.506 e. The van der Waals surface area contributed by atoms with E-state index in [0.717, 1.165) is 12.1 Å². The molecule has 0 saturated carbocycles. The fourth-order valence-electron chi connectivity index (χ4n) is 3.40. The van der Waals surface area contributed by atoms with E-state index < -0.39 is 33.3 Å². The number of aromatic hydroxyl groups is 1. The number of anilines is 1. The number of carboxylic acid groups (broad SMARTS) is 1. The second-order valence-corrected chi connectivity index (χ2v) is 7.35. The van der Waals surface area contributed by atoms with E-state index >= 15 is 0 Å². The van der Waals surface area contributed by atoms with Crippen LogP contribution in [0.15, 0.2) is 45.6 Å². The van der Waals surface area contributed by atoms with Gasteiger partial charge in [-0.25, -0.2) is 4.79 Å². The van der Waals surface area contributed by atoms with Gasteiger partial charge in [0.15, 0.2) is 0 Å². The molecule has 156 valence electrons. The molecule has 11 heteroatoms. The van der Waals surface area contributed by atoms with Gasteiger partial charge in [-0.15, -0.1) is 0 Å². The summed E-state index contributed by atoms with van der Waals surface area (Å²) >= 11 is 12.1. The number of phenolic OH excluding ortho intramolecular Hbond substituents is 1. The summed E-state index contributed by atoms with van der Waals surface area (Å²) in [5.41, 5.74) is 4.20. The summed E-state index contributed by atoms with van der Waals surface area (Å²) in [4.78, 5) is 34.5. The summed E-state index contributed by atoms with van der Waals surface area (Å²) in [6.07, 6.45) is 0. The van der Waals surface area contributed by atoms with Crippen molar-refractivity contribution in [2.75, 3.05) is 5.73 Å². The fourth-order valence-corrected chi connectivity index (χ4v) is 3.72. The van der Waals surface area contributed by atoms with E-state index in [1.54, 1.807) is 0 Å². The largest absolute Gasteiger partial charge is 0.506 e. The van der Waals surface area contributed by atoms with E-state index in [1.807, 2.05) is 0 Å². The molecule has 2 aromatic carbocycles. The van der Waals surface area contributed by atoms with E-state index in [4.69, 9.17) is 33.4 Å². The number of nitro groups is 1. The standard InChI is InChI=1S/C20H10Cl2N2O7/c21-10-3-8-15(5-13(10)25)31-16-6-14(26)11(22)4-9(16)17(8)7-1-2-12(24(29)30)19(23)18(7)20(27)28/h1-6,25H,23H2,(H,27,28). The predicted octanol–water partition coefficient (Wildman–Crippen LogP) is 4.77. The van der Waals surface area contributed by atoms with Gasteiger partial charge in [0.1, 0.15) is 22.8 Å². The van der Waals surface area contributed by atoms with E-state index in [0.29, 0.717) is 0 Å². The summed E-state index contributed by atoms with van der Waals surface area (Å²) in [5.74, 6) is -1.76. The number of phenols is 1. The zero-order chi connectivity index (χ0) is 22.6. The lowest BCUT2D eigenvalue weighted by Gasteiger charge is -2.18. The van der Waals surface area contributed by atoms with Crippen molar-refractivity contribution < 1.29 is 24.3 Å². The predicted molar refractivity (Wildman–Crippen MR) is 114 cm³/mol. The molecule has 1 aliphatic heterocycles. The lowest BCUT2D eigenvalue weighted by Crippen LogP contribution is -2.09. The Balaban J connectivity index is 2.27. The Hall–Kier alpha value is -3.82. The third-order valence-electron chi connectivity index (χ3n) is 4.74. The first-order chi connectivity index (χ1) is 14.6. The van der Waals surface area contributed by atoms with E-state index in [2.05, 4.69) is 0 Å². The van der Waals surface area contributed by atoms with Crippen LogP contribution in [0.5, 0.6) is 5.75 Å². The van der Waals surface area contributed by atoms with E-state index in [-0.39, 0.29) is 49.2 Å². The maximum atomic E-state index is 12.0. The first-order valence-corrected chi connectivity index (χ1v) is 9.25. The number of hydrogen-bond donors (Lipinski definition) is 3. The van der Waals surface area contributed by atoms with Crippen LogP contribution in [0.4, 0.5) is 11.4 Å². The summed E-state index contributed by atoms with van der Waals surface area (Å²) in [5, 5.41) is 31.1. The van der Waals surface area contributed by atoms with Crippen LogP contribution in [0.25, 0.3) is 33.4 Å². The van der Waals surface area contributed by atoms with Crippen molar-refractivity contribution in [3.63, 3.8) is 0 Å². The Labute approximate surface area is 182 Å². The van der Waals surface area contributed by atoms with Crippen molar-refractivity contribution in [1.82, 2.24) is 0 Å². The zero-order valence-electron chi connectivity index (χ0n) is 15.2. The Kier molecular flexibility index (Phi) is 4.72. The average Bonchev–Trinajstić information content (AvgIpc) is 2.68. The van der Waals surface area contributed by atoms with Gasteiger partial charge >= 0.3 is 5.97 Å². The second kappa shape index (κ2) is 7.15. The SMILES string of the molecule is Nc1c([N+](=O)[O-])ccc(-c2c3cc(Cl)c(=O)cc-3oc3cc(O)c(Cl)cc23)c1C(=O)O. The number of nitrogens with two attached hydrogens (primary N) is 1. The van der Waals surface area contributed by atoms with Crippen LogP contribution >= 0.6 is 23.2 Å². The van der Waals surface area contributed by atoms with Crippen molar-refractivity contribution in [3.8, 4) is 28.2 Å². The highest BCUT2D eigenvalue weighted by atomic mass is 35.5. The molecule has 0 unspecified atom stereocenters. The molecule has 4 N–H and O–H groups in total. The lowest BCUT2D eigenvalue weighted by molar-refractivity contribution is -0.383. The minimum absolute atomic E-state index is 0.0119. The number of rotatable bonds is 3. The monoisotopic (exact) mass is 460 g/mol. The number of benzene rings is 3.